The van der Waals surface area contributed by atoms with E-state index in [0.29, 0.717) is 66.2 Å². The minimum Gasteiger partial charge on any atom is -0.493 e. The number of halogens is 1. The number of ether oxygens (including phenoxy) is 4. The second-order valence-corrected chi connectivity index (χ2v) is 23.8. The van der Waals surface area contributed by atoms with Crippen molar-refractivity contribution in [3.8, 4) is 22.9 Å². The Hall–Kier alpha value is -10.2. The predicted molar refractivity (Wildman–Crippen MR) is 362 cm³/mol. The number of pyridine rings is 2. The normalized spacial score (nSPS) is 11.2. The molecule has 0 spiro atoms. The second kappa shape index (κ2) is 30.9. The molecule has 5 amide bonds. The van der Waals surface area contributed by atoms with E-state index in [1.54, 1.807) is 34.2 Å². The molecule has 0 aliphatic rings. The second-order valence-electron chi connectivity index (χ2n) is 23.4. The largest absolute Gasteiger partial charge is 0.493 e. The van der Waals surface area contributed by atoms with Gasteiger partial charge in [-0.15, -0.1) is 0 Å². The number of anilines is 6. The maximum atomic E-state index is 13.3. The lowest BCUT2D eigenvalue weighted by Crippen LogP contribution is -2.21. The lowest BCUT2D eigenvalue weighted by molar-refractivity contribution is -0.119. The number of aromatic nitrogens is 6. The molecule has 0 saturated heterocycles. The average molecular weight is 1250 g/mol. The Labute approximate surface area is 534 Å². The van der Waals surface area contributed by atoms with Crippen LogP contribution >= 0.6 is 11.6 Å². The first-order valence-electron chi connectivity index (χ1n) is 29.5. The minimum absolute atomic E-state index is 0.00154. The van der Waals surface area contributed by atoms with Crippen LogP contribution in [-0.2, 0) is 42.7 Å². The average Bonchev–Trinajstić information content (AvgIpc) is 1.83. The molecule has 20 nitrogen and oxygen atoms in total. The molecule has 0 saturated carbocycles. The molecular weight excluding hydrogens is 1170 g/mol. The van der Waals surface area contributed by atoms with Gasteiger partial charge in [-0.05, 0) is 97.2 Å². The summed E-state index contributed by atoms with van der Waals surface area (Å²) in [5.41, 5.74) is 15.9. The van der Waals surface area contributed by atoms with Gasteiger partial charge in [-0.1, -0.05) is 125 Å². The molecule has 10 rings (SSSR count). The van der Waals surface area contributed by atoms with Crippen LogP contribution in [0.4, 0.5) is 44.0 Å². The number of hydrogen-bond donors (Lipinski definition) is 6. The molecule has 91 heavy (non-hydrogen) atoms. The highest BCUT2D eigenvalue weighted by molar-refractivity contribution is 6.63. The van der Waals surface area contributed by atoms with Gasteiger partial charge in [0.2, 0.25) is 11.1 Å². The molecule has 6 aromatic carbocycles. The molecular formula is C70H77ClN12O8. The van der Waals surface area contributed by atoms with Gasteiger partial charge in [-0.25, -0.2) is 19.0 Å². The van der Waals surface area contributed by atoms with Crippen LogP contribution in [0.1, 0.15) is 75.2 Å². The topological polar surface area (TPSA) is 253 Å². The summed E-state index contributed by atoms with van der Waals surface area (Å²) in [6.07, 6.45) is 7.88. The van der Waals surface area contributed by atoms with Crippen molar-refractivity contribution in [1.82, 2.24) is 29.5 Å². The van der Waals surface area contributed by atoms with E-state index in [4.69, 9.17) is 41.7 Å². The third-order valence-electron chi connectivity index (χ3n) is 14.2. The summed E-state index contributed by atoms with van der Waals surface area (Å²) < 4.78 is 25.1. The minimum atomic E-state index is -0.461. The van der Waals surface area contributed by atoms with E-state index < -0.39 is 5.24 Å². The maximum Gasteiger partial charge on any atom is 0.324 e. The summed E-state index contributed by atoms with van der Waals surface area (Å²) >= 11 is 4.81. The molecule has 0 fully saturated rings. The quantitative estimate of drug-likeness (QED) is 0.0413. The van der Waals surface area contributed by atoms with Crippen molar-refractivity contribution < 1.29 is 38.1 Å². The number of amides is 5. The van der Waals surface area contributed by atoms with Crippen molar-refractivity contribution in [2.75, 3.05) is 73.0 Å². The molecule has 7 N–H and O–H groups in total. The number of rotatable bonds is 19. The summed E-state index contributed by atoms with van der Waals surface area (Å²) in [6, 6.07) is 45.9. The highest BCUT2D eigenvalue weighted by atomic mass is 35.5. The number of carbonyl (C=O) groups is 4. The third-order valence-corrected chi connectivity index (χ3v) is 14.3. The van der Waals surface area contributed by atoms with Crippen LogP contribution in [-0.4, -0.2) is 93.4 Å². The van der Waals surface area contributed by atoms with Crippen molar-refractivity contribution in [2.45, 2.75) is 79.1 Å². The number of carbonyl (C=O) groups excluding carboxylic acids is 4. The molecule has 0 bridgehead atoms. The molecule has 10 aromatic rings. The predicted octanol–water partition coefficient (Wildman–Crippen LogP) is 14.1. The Morgan fingerprint density at radius 3 is 1.35 bits per heavy atom. The summed E-state index contributed by atoms with van der Waals surface area (Å²) in [7, 11) is 2.89. The zero-order chi connectivity index (χ0) is 65.2. The number of benzene rings is 6. The molecule has 21 heteroatoms. The van der Waals surface area contributed by atoms with Crippen LogP contribution < -0.4 is 41.8 Å². The summed E-state index contributed by atoms with van der Waals surface area (Å²) in [4.78, 5) is 56.5. The van der Waals surface area contributed by atoms with Crippen LogP contribution in [0.15, 0.2) is 170 Å². The van der Waals surface area contributed by atoms with Crippen molar-refractivity contribution in [3.05, 3.63) is 204 Å². The molecule has 0 aliphatic heterocycles. The lowest BCUT2D eigenvalue weighted by Gasteiger charge is -2.15. The third kappa shape index (κ3) is 18.5. The van der Waals surface area contributed by atoms with Gasteiger partial charge in [0.25, 0.3) is 0 Å². The number of nitrogens with zero attached hydrogens (tertiary/aromatic N) is 6. The number of fused-ring (bicyclic) bond motifs is 2. The van der Waals surface area contributed by atoms with Gasteiger partial charge >= 0.3 is 12.1 Å². The van der Waals surface area contributed by atoms with E-state index in [1.165, 1.54) is 14.2 Å². The fraction of sp³-hybridized carbons (Fsp3) is 0.257. The number of nitrogen functional groups attached to an aromatic ring is 1. The van der Waals surface area contributed by atoms with Gasteiger partial charge in [0.1, 0.15) is 36.3 Å². The number of hydrogen-bond acceptors (Lipinski definition) is 13. The maximum absolute atomic E-state index is 13.3. The standard InChI is InChI=1S/C35H38N6O4.C32H34N6O2.C3H5ClO2/c1-23-10-12-25(13-11-23)41-32(20-31(40-41)35(2,3)4)39-34(43)38-28-14-15-30(27-9-7-6-8-26(27)28)45-19-17-24-16-18-36-21-29(24)37-33(42)22-44-5;1-21-9-11-23(12-10-21)38-30(19-29(37-38)32(2,3)4)36-31(39)35-27-13-14-28(25-8-6-5-7-24(25)27)40-18-16-22-15-17-34-20-26(22)33;1-6-2-3(4)5/h6-16,18,20-21H,17,19,22H2,1-5H3,(H,37,42)(H2,38,39,43);5-15,17,19-20H,16,18,33H2,1-4H3,(H2,35,36,39);2H2,1H3. The zero-order valence-corrected chi connectivity index (χ0v) is 53.6. The Kier molecular flexibility index (Phi) is 22.6. The number of nitrogens with two attached hydrogens (primary N) is 1. The van der Waals surface area contributed by atoms with E-state index in [1.807, 2.05) is 159 Å². The van der Waals surface area contributed by atoms with Crippen molar-refractivity contribution in [2.24, 2.45) is 0 Å². The number of aryl methyl sites for hydroxylation is 2. The molecule has 0 aliphatic carbocycles. The SMILES string of the molecule is COCC(=O)Cl.COCC(=O)Nc1cnccc1CCOc1ccc(NC(=O)Nc2cc(C(C)(C)C)nn2-c2ccc(C)cc2)c2ccccc12.Cc1ccc(-n2nc(C(C)(C)C)cc2NC(=O)Nc2ccc(OCCc3ccncc3N)c3ccccc23)cc1. The fourth-order valence-electron chi connectivity index (χ4n) is 9.38. The molecule has 4 aromatic heterocycles. The van der Waals surface area contributed by atoms with Crippen molar-refractivity contribution in [3.63, 3.8) is 0 Å². The first kappa shape index (κ1) is 66.8. The highest BCUT2D eigenvalue weighted by Gasteiger charge is 2.24. The highest BCUT2D eigenvalue weighted by Crippen LogP contribution is 2.35. The van der Waals surface area contributed by atoms with E-state index in [2.05, 4.69) is 82.8 Å². The Balaban J connectivity index is 0.000000216. The van der Waals surface area contributed by atoms with Gasteiger partial charge in [0.15, 0.2) is 0 Å². The van der Waals surface area contributed by atoms with Crippen LogP contribution in [0.25, 0.3) is 32.9 Å². The molecule has 0 radical (unpaired) electrons. The number of methoxy groups -OCH3 is 2. The van der Waals surface area contributed by atoms with Crippen molar-refractivity contribution >= 4 is 90.7 Å². The molecule has 4 heterocycles. The van der Waals surface area contributed by atoms with Crippen LogP contribution in [0.5, 0.6) is 11.5 Å². The monoisotopic (exact) mass is 1250 g/mol. The van der Waals surface area contributed by atoms with E-state index >= 15 is 0 Å². The van der Waals surface area contributed by atoms with Gasteiger partial charge in [0.05, 0.1) is 71.1 Å². The Bertz CT molecular complexity index is 4140. The summed E-state index contributed by atoms with van der Waals surface area (Å²) in [6.45, 7) is 17.4. The molecule has 472 valence electrons. The number of nitrogens with one attached hydrogen (secondary N) is 5. The van der Waals surface area contributed by atoms with Crippen LogP contribution in [0, 0.1) is 13.8 Å². The molecule has 0 unspecified atom stereocenters. The smallest absolute Gasteiger partial charge is 0.324 e. The van der Waals surface area contributed by atoms with E-state index in [-0.39, 0.29) is 42.0 Å². The first-order valence-corrected chi connectivity index (χ1v) is 29.8. The Morgan fingerprint density at radius 2 is 0.934 bits per heavy atom. The lowest BCUT2D eigenvalue weighted by atomic mass is 9.92. The van der Waals surface area contributed by atoms with E-state index in [9.17, 15) is 19.2 Å². The Morgan fingerprint density at radius 1 is 0.505 bits per heavy atom. The van der Waals surface area contributed by atoms with Gasteiger partial charge < -0.3 is 40.6 Å². The van der Waals surface area contributed by atoms with E-state index in [0.717, 1.165) is 72.3 Å². The van der Waals surface area contributed by atoms with Crippen LogP contribution in [0.2, 0.25) is 0 Å². The first-order chi connectivity index (χ1) is 43.6. The van der Waals surface area contributed by atoms with Crippen LogP contribution in [0.3, 0.4) is 0 Å². The zero-order valence-electron chi connectivity index (χ0n) is 52.8. The number of urea groups is 2. The molecule has 0 atom stereocenters. The van der Waals surface area contributed by atoms with Crippen molar-refractivity contribution in [1.29, 1.82) is 0 Å². The summed E-state index contributed by atoms with van der Waals surface area (Å²) in [5.74, 6) is 2.33. The van der Waals surface area contributed by atoms with Gasteiger partial charge in [0, 0.05) is 84.0 Å². The summed E-state index contributed by atoms with van der Waals surface area (Å²) in [5, 5.41) is 27.5. The fourth-order valence-corrected chi connectivity index (χ4v) is 9.49. The van der Waals surface area contributed by atoms with Gasteiger partial charge in [-0.3, -0.25) is 30.2 Å². The van der Waals surface area contributed by atoms with Gasteiger partial charge in [-0.2, -0.15) is 10.2 Å².